The number of unbranched alkanes of at least 4 members (excludes halogenated alkanes) is 6. The highest BCUT2D eigenvalue weighted by Crippen LogP contribution is 2.32. The second-order valence-electron chi connectivity index (χ2n) is 9.91. The van der Waals surface area contributed by atoms with E-state index in [-0.39, 0.29) is 0 Å². The molecule has 0 rings (SSSR count). The average Bonchev–Trinajstić information content (AvgIpc) is 2.63. The Morgan fingerprint density at radius 3 is 1.79 bits per heavy atom. The van der Waals surface area contributed by atoms with Gasteiger partial charge in [-0.25, -0.2) is 0 Å². The first kappa shape index (κ1) is 30.3. The second kappa shape index (κ2) is 19.1. The van der Waals surface area contributed by atoms with E-state index in [0.29, 0.717) is 11.7 Å². The lowest BCUT2D eigenvalue weighted by atomic mass is 9.77. The van der Waals surface area contributed by atoms with E-state index in [4.69, 9.17) is 0 Å². The minimum atomic E-state index is 0.295. The van der Waals surface area contributed by atoms with Crippen molar-refractivity contribution in [1.29, 1.82) is 0 Å². The summed E-state index contributed by atoms with van der Waals surface area (Å²) in [6, 6.07) is 0. The van der Waals surface area contributed by atoms with Crippen LogP contribution in [0.25, 0.3) is 0 Å². The zero-order chi connectivity index (χ0) is 22.8. The molecule has 2 atom stereocenters. The lowest BCUT2D eigenvalue weighted by Crippen LogP contribution is -2.18. The molecule has 172 valence electrons. The molecule has 1 nitrogen and oxygen atoms in total. The van der Waals surface area contributed by atoms with Gasteiger partial charge in [-0.05, 0) is 56.4 Å². The molecule has 0 aromatic carbocycles. The van der Waals surface area contributed by atoms with Gasteiger partial charge in [0.25, 0.3) is 0 Å². The van der Waals surface area contributed by atoms with Gasteiger partial charge in [0.1, 0.15) is 0 Å². The summed E-state index contributed by atoms with van der Waals surface area (Å²) in [6.45, 7) is 24.2. The van der Waals surface area contributed by atoms with Crippen LogP contribution in [-0.2, 0) is 4.79 Å². The smallest absolute Gasteiger partial charge is 0.155 e. The normalized spacial score (nSPS) is 12.9. The largest absolute Gasteiger partial charge is 0.295 e. The van der Waals surface area contributed by atoms with Crippen LogP contribution in [0, 0.1) is 23.7 Å². The van der Waals surface area contributed by atoms with Gasteiger partial charge in [0, 0.05) is 6.42 Å². The fourth-order valence-corrected chi connectivity index (χ4v) is 3.62. The molecule has 0 aliphatic rings. The van der Waals surface area contributed by atoms with Crippen molar-refractivity contribution in [3.05, 3.63) is 23.8 Å². The van der Waals surface area contributed by atoms with Gasteiger partial charge in [-0.1, -0.05) is 111 Å². The number of rotatable bonds is 15. The second-order valence-corrected chi connectivity index (χ2v) is 9.91. The van der Waals surface area contributed by atoms with Gasteiger partial charge in [0.15, 0.2) is 5.78 Å². The lowest BCUT2D eigenvalue weighted by molar-refractivity contribution is -0.114. The van der Waals surface area contributed by atoms with Gasteiger partial charge >= 0.3 is 0 Å². The van der Waals surface area contributed by atoms with Crippen LogP contribution in [0.15, 0.2) is 23.8 Å². The van der Waals surface area contributed by atoms with E-state index < -0.39 is 0 Å². The number of allylic oxidation sites excluding steroid dienone is 3. The summed E-state index contributed by atoms with van der Waals surface area (Å²) < 4.78 is 0. The summed E-state index contributed by atoms with van der Waals surface area (Å²) in [5.41, 5.74) is 2.57. The molecule has 0 saturated heterocycles. The van der Waals surface area contributed by atoms with E-state index in [1.54, 1.807) is 6.08 Å². The molecule has 0 aliphatic heterocycles. The first-order valence-corrected chi connectivity index (χ1v) is 12.4. The highest BCUT2D eigenvalue weighted by Gasteiger charge is 2.21. The summed E-state index contributed by atoms with van der Waals surface area (Å²) in [5.74, 6) is 3.22. The minimum Gasteiger partial charge on any atom is -0.295 e. The summed E-state index contributed by atoms with van der Waals surface area (Å²) in [5, 5.41) is 0. The van der Waals surface area contributed by atoms with Crippen molar-refractivity contribution in [3.8, 4) is 0 Å². The Balaban J connectivity index is 0. The first-order valence-electron chi connectivity index (χ1n) is 12.4. The van der Waals surface area contributed by atoms with Gasteiger partial charge in [-0.2, -0.15) is 0 Å². The molecule has 0 aliphatic carbocycles. The van der Waals surface area contributed by atoms with Crippen molar-refractivity contribution in [2.45, 2.75) is 127 Å². The van der Waals surface area contributed by atoms with Crippen LogP contribution in [0.2, 0.25) is 0 Å². The Hall–Kier alpha value is -0.850. The molecule has 0 aromatic heterocycles. The molecular weight excluding hydrogens is 352 g/mol. The third-order valence-electron chi connectivity index (χ3n) is 5.75. The van der Waals surface area contributed by atoms with Crippen LogP contribution in [0.4, 0.5) is 0 Å². The van der Waals surface area contributed by atoms with Crippen LogP contribution in [-0.4, -0.2) is 5.78 Å². The number of hydrogen-bond donors (Lipinski definition) is 0. The molecule has 0 aromatic rings. The summed E-state index contributed by atoms with van der Waals surface area (Å²) in [6.07, 6.45) is 14.0. The Morgan fingerprint density at radius 2 is 1.38 bits per heavy atom. The monoisotopic (exact) mass is 406 g/mol. The van der Waals surface area contributed by atoms with Crippen molar-refractivity contribution >= 4 is 5.78 Å². The standard InChI is InChI=1S/C14H26O.C14H28/c1-4-5-6-7-8-9-10-11-14(15)12-13(2)3;1-8-12(6)14(9-10(2)3)13(7)11(4)5/h12H,4-11H2,1-3H3;10-12,14H,7-9H2,1-6H3. The van der Waals surface area contributed by atoms with E-state index in [9.17, 15) is 4.79 Å². The molecule has 2 unspecified atom stereocenters. The SMILES string of the molecule is C=C(C(C)C)C(CC(C)C)C(C)CC.CCCCCCCCCC(=O)C=C(C)C. The molecule has 0 radical (unpaired) electrons. The molecule has 0 saturated carbocycles. The molecule has 1 heteroatoms. The molecule has 0 heterocycles. The van der Waals surface area contributed by atoms with Gasteiger partial charge in [0.05, 0.1) is 0 Å². The molecule has 0 spiro atoms. The Kier molecular flexibility index (Phi) is 20.0. The number of hydrogen-bond acceptors (Lipinski definition) is 1. The Labute approximate surface area is 184 Å². The van der Waals surface area contributed by atoms with Crippen LogP contribution in [0.1, 0.15) is 127 Å². The number of ketones is 1. The molecule has 0 N–H and O–H groups in total. The molecule has 29 heavy (non-hydrogen) atoms. The molecule has 0 amide bonds. The van der Waals surface area contributed by atoms with Crippen LogP contribution in [0.3, 0.4) is 0 Å². The Morgan fingerprint density at radius 1 is 0.862 bits per heavy atom. The van der Waals surface area contributed by atoms with Gasteiger partial charge in [0.2, 0.25) is 0 Å². The summed E-state index contributed by atoms with van der Waals surface area (Å²) >= 11 is 0. The van der Waals surface area contributed by atoms with Crippen molar-refractivity contribution in [2.75, 3.05) is 0 Å². The third-order valence-corrected chi connectivity index (χ3v) is 5.75. The predicted molar refractivity (Wildman–Crippen MR) is 133 cm³/mol. The first-order chi connectivity index (χ1) is 13.6. The van der Waals surface area contributed by atoms with Gasteiger partial charge in [-0.15, -0.1) is 0 Å². The van der Waals surface area contributed by atoms with Gasteiger partial charge in [-0.3, -0.25) is 4.79 Å². The van der Waals surface area contributed by atoms with Crippen molar-refractivity contribution in [3.63, 3.8) is 0 Å². The fraction of sp³-hybridized carbons (Fsp3) is 0.821. The fourth-order valence-electron chi connectivity index (χ4n) is 3.62. The maximum atomic E-state index is 11.3. The van der Waals surface area contributed by atoms with Gasteiger partial charge < -0.3 is 0 Å². The Bertz CT molecular complexity index is 437. The number of carbonyl (C=O) groups excluding carboxylic acids is 1. The third kappa shape index (κ3) is 18.9. The topological polar surface area (TPSA) is 17.1 Å². The molecule has 0 fully saturated rings. The van der Waals surface area contributed by atoms with E-state index in [0.717, 1.165) is 36.2 Å². The van der Waals surface area contributed by atoms with E-state index >= 15 is 0 Å². The van der Waals surface area contributed by atoms with Crippen molar-refractivity contribution in [2.24, 2.45) is 23.7 Å². The lowest BCUT2D eigenvalue weighted by Gasteiger charge is -2.29. The van der Waals surface area contributed by atoms with E-state index in [1.165, 1.54) is 56.9 Å². The maximum absolute atomic E-state index is 11.3. The molecular formula is C28H54O. The summed E-state index contributed by atoms with van der Waals surface area (Å²) in [4.78, 5) is 11.3. The predicted octanol–water partition coefficient (Wildman–Crippen LogP) is 9.57. The zero-order valence-electron chi connectivity index (χ0n) is 21.6. The maximum Gasteiger partial charge on any atom is 0.155 e. The van der Waals surface area contributed by atoms with Crippen LogP contribution >= 0.6 is 0 Å². The molecule has 0 bridgehead atoms. The van der Waals surface area contributed by atoms with Crippen LogP contribution in [0.5, 0.6) is 0 Å². The quantitative estimate of drug-likeness (QED) is 0.150. The summed E-state index contributed by atoms with van der Waals surface area (Å²) in [7, 11) is 0. The van der Waals surface area contributed by atoms with E-state index in [2.05, 4.69) is 55.0 Å². The average molecular weight is 407 g/mol. The van der Waals surface area contributed by atoms with E-state index in [1.807, 2.05) is 13.8 Å². The highest BCUT2D eigenvalue weighted by molar-refractivity contribution is 5.90. The zero-order valence-corrected chi connectivity index (χ0v) is 21.6. The van der Waals surface area contributed by atoms with Crippen LogP contribution < -0.4 is 0 Å². The highest BCUT2D eigenvalue weighted by atomic mass is 16.1. The number of carbonyl (C=O) groups is 1. The minimum absolute atomic E-state index is 0.295. The van der Waals surface area contributed by atoms with Crippen molar-refractivity contribution in [1.82, 2.24) is 0 Å². The van der Waals surface area contributed by atoms with Crippen molar-refractivity contribution < 1.29 is 4.79 Å².